The van der Waals surface area contributed by atoms with Crippen LogP contribution in [0.3, 0.4) is 0 Å². The number of methoxy groups -OCH3 is 1. The first-order valence-corrected chi connectivity index (χ1v) is 6.66. The minimum atomic E-state index is -0.410. The summed E-state index contributed by atoms with van der Waals surface area (Å²) in [6.07, 6.45) is 2.95. The Morgan fingerprint density at radius 3 is 2.74 bits per heavy atom. The van der Waals surface area contributed by atoms with Crippen LogP contribution in [0.15, 0.2) is 16.7 Å². The maximum atomic E-state index is 11.2. The van der Waals surface area contributed by atoms with E-state index in [4.69, 9.17) is 4.42 Å². The zero-order valence-electron chi connectivity index (χ0n) is 11.8. The molecule has 0 fully saturated rings. The number of esters is 1. The number of aliphatic hydroxyl groups is 1. The highest BCUT2D eigenvalue weighted by Crippen LogP contribution is 2.13. The number of carbonyl (C=O) groups is 1. The second-order valence-corrected chi connectivity index (χ2v) is 4.57. The number of nitrogens with one attached hydrogen (secondary N) is 1. The molecule has 1 atom stereocenters. The van der Waals surface area contributed by atoms with Crippen molar-refractivity contribution in [2.24, 2.45) is 5.92 Å². The summed E-state index contributed by atoms with van der Waals surface area (Å²) < 4.78 is 9.83. The van der Waals surface area contributed by atoms with E-state index in [9.17, 15) is 9.90 Å². The average molecular weight is 269 g/mol. The Morgan fingerprint density at radius 2 is 2.16 bits per heavy atom. The molecule has 0 saturated carbocycles. The number of rotatable bonds is 8. The minimum absolute atomic E-state index is 0.315. The molecule has 5 nitrogen and oxygen atoms in total. The molecule has 0 aliphatic heterocycles. The van der Waals surface area contributed by atoms with Gasteiger partial charge in [-0.2, -0.15) is 0 Å². The Morgan fingerprint density at radius 1 is 1.47 bits per heavy atom. The highest BCUT2D eigenvalue weighted by atomic mass is 16.5. The van der Waals surface area contributed by atoms with Crippen molar-refractivity contribution in [1.29, 1.82) is 0 Å². The van der Waals surface area contributed by atoms with E-state index in [1.807, 2.05) is 0 Å². The monoisotopic (exact) mass is 269 g/mol. The van der Waals surface area contributed by atoms with E-state index in [0.717, 1.165) is 12.8 Å². The Bertz CT molecular complexity index is 385. The average Bonchev–Trinajstić information content (AvgIpc) is 2.88. The molecular formula is C14H23NO4. The molecule has 0 aliphatic carbocycles. The number of furan rings is 1. The van der Waals surface area contributed by atoms with Crippen LogP contribution in [0, 0.1) is 5.92 Å². The molecule has 19 heavy (non-hydrogen) atoms. The zero-order chi connectivity index (χ0) is 14.3. The molecule has 0 aromatic carbocycles. The lowest BCUT2D eigenvalue weighted by atomic mass is 9.96. The second kappa shape index (κ2) is 7.96. The molecule has 0 amide bonds. The predicted octanol–water partition coefficient (Wildman–Crippen LogP) is 1.95. The van der Waals surface area contributed by atoms with Gasteiger partial charge < -0.3 is 19.6 Å². The van der Waals surface area contributed by atoms with Crippen molar-refractivity contribution in [2.45, 2.75) is 39.3 Å². The fourth-order valence-corrected chi connectivity index (χ4v) is 2.04. The van der Waals surface area contributed by atoms with Gasteiger partial charge in [-0.25, -0.2) is 4.79 Å². The highest BCUT2D eigenvalue weighted by molar-refractivity contribution is 5.88. The maximum Gasteiger partial charge on any atom is 0.341 e. The van der Waals surface area contributed by atoms with Crippen LogP contribution >= 0.6 is 0 Å². The van der Waals surface area contributed by atoms with Gasteiger partial charge in [0.2, 0.25) is 0 Å². The van der Waals surface area contributed by atoms with E-state index in [1.165, 1.54) is 13.4 Å². The maximum absolute atomic E-state index is 11.2. The van der Waals surface area contributed by atoms with Crippen LogP contribution in [-0.4, -0.2) is 30.8 Å². The van der Waals surface area contributed by atoms with Crippen molar-refractivity contribution < 1.29 is 19.1 Å². The number of hydrogen-bond acceptors (Lipinski definition) is 5. The number of ether oxygens (including phenoxy) is 1. The van der Waals surface area contributed by atoms with Crippen molar-refractivity contribution in [2.75, 3.05) is 13.7 Å². The van der Waals surface area contributed by atoms with Crippen LogP contribution in [0.1, 0.15) is 42.8 Å². The van der Waals surface area contributed by atoms with E-state index in [-0.39, 0.29) is 6.10 Å². The largest absolute Gasteiger partial charge is 0.467 e. The van der Waals surface area contributed by atoms with Crippen molar-refractivity contribution in [3.63, 3.8) is 0 Å². The molecule has 1 unspecified atom stereocenters. The minimum Gasteiger partial charge on any atom is -0.467 e. The van der Waals surface area contributed by atoms with Gasteiger partial charge in [0.25, 0.3) is 0 Å². The summed E-state index contributed by atoms with van der Waals surface area (Å²) in [5.74, 6) is 0.555. The number of aliphatic hydroxyl groups excluding tert-OH is 1. The topological polar surface area (TPSA) is 71.7 Å². The van der Waals surface area contributed by atoms with Crippen molar-refractivity contribution >= 4 is 5.97 Å². The summed E-state index contributed by atoms with van der Waals surface area (Å²) in [5.41, 5.74) is 0.403. The quantitative estimate of drug-likeness (QED) is 0.706. The molecular weight excluding hydrogens is 246 g/mol. The Balaban J connectivity index is 2.37. The van der Waals surface area contributed by atoms with Gasteiger partial charge in [0.1, 0.15) is 12.0 Å². The van der Waals surface area contributed by atoms with E-state index in [0.29, 0.717) is 30.3 Å². The van der Waals surface area contributed by atoms with E-state index < -0.39 is 5.97 Å². The molecule has 0 aliphatic rings. The third-order valence-electron chi connectivity index (χ3n) is 3.32. The fraction of sp³-hybridized carbons (Fsp3) is 0.643. The van der Waals surface area contributed by atoms with E-state index in [1.54, 1.807) is 6.07 Å². The smallest absolute Gasteiger partial charge is 0.341 e. The van der Waals surface area contributed by atoms with Gasteiger partial charge in [0.05, 0.1) is 25.3 Å². The predicted molar refractivity (Wildman–Crippen MR) is 71.8 cm³/mol. The molecule has 0 saturated heterocycles. The number of hydrogen-bond donors (Lipinski definition) is 2. The second-order valence-electron chi connectivity index (χ2n) is 4.57. The standard InChI is InChI=1S/C14H23NO4/c1-4-10(5-2)13(16)8-15-7-12-6-11(9-19-12)14(17)18-3/h6,9-10,13,15-16H,4-5,7-8H2,1-3H3. The molecule has 1 rings (SSSR count). The summed E-state index contributed by atoms with van der Waals surface area (Å²) in [5, 5.41) is 13.1. The van der Waals surface area contributed by atoms with Gasteiger partial charge in [-0.1, -0.05) is 26.7 Å². The van der Waals surface area contributed by atoms with Crippen molar-refractivity contribution in [3.05, 3.63) is 23.7 Å². The van der Waals surface area contributed by atoms with Crippen molar-refractivity contribution in [1.82, 2.24) is 5.32 Å². The zero-order valence-corrected chi connectivity index (χ0v) is 11.8. The van der Waals surface area contributed by atoms with Crippen LogP contribution in [0.4, 0.5) is 0 Å². The van der Waals surface area contributed by atoms with E-state index >= 15 is 0 Å². The lowest BCUT2D eigenvalue weighted by Gasteiger charge is -2.20. The van der Waals surface area contributed by atoms with Gasteiger partial charge >= 0.3 is 5.97 Å². The number of carbonyl (C=O) groups excluding carboxylic acids is 1. The third kappa shape index (κ3) is 4.69. The summed E-state index contributed by atoms with van der Waals surface area (Å²) in [4.78, 5) is 11.2. The molecule has 1 heterocycles. The highest BCUT2D eigenvalue weighted by Gasteiger charge is 2.15. The first-order chi connectivity index (χ1) is 9.12. The van der Waals surface area contributed by atoms with Crippen LogP contribution in [0.2, 0.25) is 0 Å². The SMILES string of the molecule is CCC(CC)C(O)CNCc1cc(C(=O)OC)co1. The van der Waals surface area contributed by atoms with E-state index in [2.05, 4.69) is 23.9 Å². The van der Waals surface area contributed by atoms with Gasteiger partial charge in [-0.15, -0.1) is 0 Å². The summed E-state index contributed by atoms with van der Waals surface area (Å²) in [6, 6.07) is 1.64. The van der Waals surface area contributed by atoms with Gasteiger partial charge in [-0.3, -0.25) is 0 Å². The molecule has 1 aromatic rings. The van der Waals surface area contributed by atoms with Gasteiger partial charge in [0, 0.05) is 6.54 Å². The summed E-state index contributed by atoms with van der Waals surface area (Å²) in [7, 11) is 1.33. The Kier molecular flexibility index (Phi) is 6.59. The molecule has 2 N–H and O–H groups in total. The lowest BCUT2D eigenvalue weighted by molar-refractivity contribution is 0.0600. The van der Waals surface area contributed by atoms with Crippen LogP contribution < -0.4 is 5.32 Å². The van der Waals surface area contributed by atoms with Crippen LogP contribution in [-0.2, 0) is 11.3 Å². The fourth-order valence-electron chi connectivity index (χ4n) is 2.04. The van der Waals surface area contributed by atoms with Crippen LogP contribution in [0.5, 0.6) is 0 Å². The van der Waals surface area contributed by atoms with Gasteiger partial charge in [0.15, 0.2) is 0 Å². The van der Waals surface area contributed by atoms with Gasteiger partial charge in [-0.05, 0) is 12.0 Å². The Hall–Kier alpha value is -1.33. The summed E-state index contributed by atoms with van der Waals surface area (Å²) >= 11 is 0. The van der Waals surface area contributed by atoms with Crippen molar-refractivity contribution in [3.8, 4) is 0 Å². The molecule has 0 radical (unpaired) electrons. The third-order valence-corrected chi connectivity index (χ3v) is 3.32. The molecule has 1 aromatic heterocycles. The molecule has 5 heteroatoms. The Labute approximate surface area is 113 Å². The molecule has 108 valence electrons. The normalized spacial score (nSPS) is 12.7. The first-order valence-electron chi connectivity index (χ1n) is 6.66. The van der Waals surface area contributed by atoms with Crippen LogP contribution in [0.25, 0.3) is 0 Å². The molecule has 0 bridgehead atoms. The first kappa shape index (κ1) is 15.7. The lowest BCUT2D eigenvalue weighted by Crippen LogP contribution is -2.32. The summed E-state index contributed by atoms with van der Waals surface area (Å²) in [6.45, 7) is 5.15. The molecule has 0 spiro atoms.